The highest BCUT2D eigenvalue weighted by atomic mass is 19.1. The molecule has 3 N–H and O–H groups in total. The molecule has 0 aliphatic carbocycles. The second kappa shape index (κ2) is 7.11. The van der Waals surface area contributed by atoms with Gasteiger partial charge in [-0.3, -0.25) is 4.79 Å². The Morgan fingerprint density at radius 3 is 2.61 bits per heavy atom. The van der Waals surface area contributed by atoms with Crippen LogP contribution in [0.1, 0.15) is 26.7 Å². The SMILES string of the molecule is CC(C)CC(CCN)C(=O)Nc1ccccc1F. The van der Waals surface area contributed by atoms with E-state index >= 15 is 0 Å². The summed E-state index contributed by atoms with van der Waals surface area (Å²) in [5, 5.41) is 2.63. The van der Waals surface area contributed by atoms with Crippen molar-refractivity contribution in [2.24, 2.45) is 17.6 Å². The van der Waals surface area contributed by atoms with Crippen molar-refractivity contribution in [2.75, 3.05) is 11.9 Å². The van der Waals surface area contributed by atoms with Crippen LogP contribution in [0.2, 0.25) is 0 Å². The number of anilines is 1. The van der Waals surface area contributed by atoms with Crippen LogP contribution in [0.3, 0.4) is 0 Å². The van der Waals surface area contributed by atoms with Crippen molar-refractivity contribution >= 4 is 11.6 Å². The normalized spacial score (nSPS) is 12.5. The summed E-state index contributed by atoms with van der Waals surface area (Å²) in [4.78, 5) is 12.1. The fraction of sp³-hybridized carbons (Fsp3) is 0.500. The third-order valence-corrected chi connectivity index (χ3v) is 2.77. The first-order valence-electron chi connectivity index (χ1n) is 6.30. The van der Waals surface area contributed by atoms with Gasteiger partial charge in [-0.2, -0.15) is 0 Å². The van der Waals surface area contributed by atoms with Crippen molar-refractivity contribution in [1.29, 1.82) is 0 Å². The Kier molecular flexibility index (Phi) is 5.78. The molecule has 0 bridgehead atoms. The lowest BCUT2D eigenvalue weighted by Crippen LogP contribution is -2.26. The van der Waals surface area contributed by atoms with Gasteiger partial charge in [-0.15, -0.1) is 0 Å². The van der Waals surface area contributed by atoms with Crippen molar-refractivity contribution in [3.8, 4) is 0 Å². The minimum absolute atomic E-state index is 0.153. The minimum Gasteiger partial charge on any atom is -0.330 e. The molecule has 18 heavy (non-hydrogen) atoms. The van der Waals surface area contributed by atoms with Crippen LogP contribution in [0.4, 0.5) is 10.1 Å². The van der Waals surface area contributed by atoms with E-state index in [1.807, 2.05) is 0 Å². The molecule has 0 saturated carbocycles. The van der Waals surface area contributed by atoms with Gasteiger partial charge in [0.05, 0.1) is 5.69 Å². The average molecular weight is 252 g/mol. The van der Waals surface area contributed by atoms with E-state index in [0.29, 0.717) is 18.9 Å². The van der Waals surface area contributed by atoms with Gasteiger partial charge >= 0.3 is 0 Å². The maximum atomic E-state index is 13.4. The molecule has 1 amide bonds. The van der Waals surface area contributed by atoms with Crippen LogP contribution in [0.5, 0.6) is 0 Å². The first-order chi connectivity index (χ1) is 8.54. The smallest absolute Gasteiger partial charge is 0.227 e. The van der Waals surface area contributed by atoms with E-state index in [4.69, 9.17) is 5.73 Å². The predicted octanol–water partition coefficient (Wildman–Crippen LogP) is 2.78. The molecule has 0 aliphatic rings. The van der Waals surface area contributed by atoms with Crippen LogP contribution in [-0.2, 0) is 4.79 Å². The van der Waals surface area contributed by atoms with Crippen LogP contribution in [-0.4, -0.2) is 12.5 Å². The molecule has 0 saturated heterocycles. The first-order valence-corrected chi connectivity index (χ1v) is 6.30. The Hall–Kier alpha value is -1.42. The summed E-state index contributed by atoms with van der Waals surface area (Å²) in [6, 6.07) is 6.17. The molecule has 0 heterocycles. The van der Waals surface area contributed by atoms with Crippen molar-refractivity contribution in [3.05, 3.63) is 30.1 Å². The molecule has 0 fully saturated rings. The number of rotatable bonds is 6. The van der Waals surface area contributed by atoms with Crippen molar-refractivity contribution in [2.45, 2.75) is 26.7 Å². The predicted molar refractivity (Wildman–Crippen MR) is 71.6 cm³/mol. The zero-order valence-corrected chi connectivity index (χ0v) is 10.9. The van der Waals surface area contributed by atoms with E-state index in [1.54, 1.807) is 18.2 Å². The summed E-state index contributed by atoms with van der Waals surface area (Å²) in [6.07, 6.45) is 1.38. The largest absolute Gasteiger partial charge is 0.330 e. The quantitative estimate of drug-likeness (QED) is 0.818. The van der Waals surface area contributed by atoms with Gasteiger partial charge < -0.3 is 11.1 Å². The fourth-order valence-corrected chi connectivity index (χ4v) is 1.92. The Balaban J connectivity index is 2.69. The molecule has 1 rings (SSSR count). The lowest BCUT2D eigenvalue weighted by atomic mass is 9.93. The molecule has 1 unspecified atom stereocenters. The monoisotopic (exact) mass is 252 g/mol. The number of benzene rings is 1. The van der Waals surface area contributed by atoms with Crippen LogP contribution >= 0.6 is 0 Å². The van der Waals surface area contributed by atoms with E-state index in [1.165, 1.54) is 6.07 Å². The van der Waals surface area contributed by atoms with E-state index in [0.717, 1.165) is 6.42 Å². The number of carbonyl (C=O) groups excluding carboxylic acids is 1. The van der Waals surface area contributed by atoms with E-state index in [2.05, 4.69) is 19.2 Å². The summed E-state index contributed by atoms with van der Waals surface area (Å²) >= 11 is 0. The van der Waals surface area contributed by atoms with E-state index in [-0.39, 0.29) is 17.5 Å². The summed E-state index contributed by atoms with van der Waals surface area (Å²) in [6.45, 7) is 4.57. The number of hydrogen-bond donors (Lipinski definition) is 2. The highest BCUT2D eigenvalue weighted by Crippen LogP contribution is 2.19. The summed E-state index contributed by atoms with van der Waals surface area (Å²) in [7, 11) is 0. The van der Waals surface area contributed by atoms with Crippen LogP contribution < -0.4 is 11.1 Å². The molecule has 3 nitrogen and oxygen atoms in total. The standard InChI is InChI=1S/C14H21FN2O/c1-10(2)9-11(7-8-16)14(18)17-13-6-4-3-5-12(13)15/h3-6,10-11H,7-9,16H2,1-2H3,(H,17,18). The summed E-state index contributed by atoms with van der Waals surface area (Å²) in [5.74, 6) is -0.316. The number of halogens is 1. The third-order valence-electron chi connectivity index (χ3n) is 2.77. The van der Waals surface area contributed by atoms with E-state index in [9.17, 15) is 9.18 Å². The molecule has 0 spiro atoms. The lowest BCUT2D eigenvalue weighted by molar-refractivity contribution is -0.120. The second-order valence-electron chi connectivity index (χ2n) is 4.87. The molecule has 0 aliphatic heterocycles. The fourth-order valence-electron chi connectivity index (χ4n) is 1.92. The van der Waals surface area contributed by atoms with Crippen LogP contribution in [0.15, 0.2) is 24.3 Å². The van der Waals surface area contributed by atoms with Gasteiger partial charge in [0.1, 0.15) is 5.82 Å². The number of nitrogens with two attached hydrogens (primary N) is 1. The van der Waals surface area contributed by atoms with Crippen molar-refractivity contribution in [3.63, 3.8) is 0 Å². The van der Waals surface area contributed by atoms with Crippen molar-refractivity contribution < 1.29 is 9.18 Å². The highest BCUT2D eigenvalue weighted by molar-refractivity contribution is 5.92. The Labute approximate surface area is 108 Å². The molecule has 1 atom stereocenters. The van der Waals surface area contributed by atoms with Gasteiger partial charge in [0.25, 0.3) is 0 Å². The maximum absolute atomic E-state index is 13.4. The van der Waals surface area contributed by atoms with Gasteiger partial charge in [0.15, 0.2) is 0 Å². The number of nitrogens with one attached hydrogen (secondary N) is 1. The van der Waals surface area contributed by atoms with E-state index < -0.39 is 5.82 Å². The molecular weight excluding hydrogens is 231 g/mol. The van der Waals surface area contributed by atoms with Gasteiger partial charge in [-0.05, 0) is 37.4 Å². The Morgan fingerprint density at radius 2 is 2.06 bits per heavy atom. The number of para-hydroxylation sites is 1. The first kappa shape index (κ1) is 14.6. The summed E-state index contributed by atoms with van der Waals surface area (Å²) in [5.41, 5.74) is 5.74. The zero-order chi connectivity index (χ0) is 13.5. The molecular formula is C14H21FN2O. The Morgan fingerprint density at radius 1 is 1.39 bits per heavy atom. The highest BCUT2D eigenvalue weighted by Gasteiger charge is 2.19. The molecule has 1 aromatic carbocycles. The maximum Gasteiger partial charge on any atom is 0.227 e. The van der Waals surface area contributed by atoms with Gasteiger partial charge in [0, 0.05) is 5.92 Å². The second-order valence-corrected chi connectivity index (χ2v) is 4.87. The Bertz CT molecular complexity index is 393. The lowest BCUT2D eigenvalue weighted by Gasteiger charge is -2.18. The zero-order valence-electron chi connectivity index (χ0n) is 10.9. The third kappa shape index (κ3) is 4.45. The van der Waals surface area contributed by atoms with Gasteiger partial charge in [-0.25, -0.2) is 4.39 Å². The average Bonchev–Trinajstić information content (AvgIpc) is 2.31. The van der Waals surface area contributed by atoms with Crippen molar-refractivity contribution in [1.82, 2.24) is 0 Å². The topological polar surface area (TPSA) is 55.1 Å². The summed E-state index contributed by atoms with van der Waals surface area (Å²) < 4.78 is 13.4. The van der Waals surface area contributed by atoms with Gasteiger partial charge in [-0.1, -0.05) is 26.0 Å². The van der Waals surface area contributed by atoms with Gasteiger partial charge in [0.2, 0.25) is 5.91 Å². The molecule has 0 radical (unpaired) electrons. The number of amides is 1. The molecule has 4 heteroatoms. The number of hydrogen-bond acceptors (Lipinski definition) is 2. The molecule has 0 aromatic heterocycles. The molecule has 1 aromatic rings. The van der Waals surface area contributed by atoms with Crippen LogP contribution in [0.25, 0.3) is 0 Å². The number of carbonyl (C=O) groups is 1. The van der Waals surface area contributed by atoms with Crippen LogP contribution in [0, 0.1) is 17.7 Å². The minimum atomic E-state index is -0.415. The molecule has 100 valence electrons.